The molecular weight excluding hydrogens is 338 g/mol. The highest BCUT2D eigenvalue weighted by Crippen LogP contribution is 2.14. The van der Waals surface area contributed by atoms with Crippen LogP contribution in [0.4, 0.5) is 0 Å². The van der Waals surface area contributed by atoms with Crippen molar-refractivity contribution in [1.82, 2.24) is 24.3 Å². The molecule has 1 saturated heterocycles. The van der Waals surface area contributed by atoms with Gasteiger partial charge in [-0.25, -0.2) is 4.98 Å². The molecule has 0 saturated carbocycles. The Morgan fingerprint density at radius 1 is 0.926 bits per heavy atom. The number of amides is 1. The van der Waals surface area contributed by atoms with Crippen LogP contribution in [0.2, 0.25) is 0 Å². The predicted octanol–water partition coefficient (Wildman–Crippen LogP) is 2.50. The SMILES string of the molecule is O=C1CCN(Cc2ccc(-n3ccnc3)cc2)CCN1Cc1ccccn1. The lowest BCUT2D eigenvalue weighted by molar-refractivity contribution is -0.131. The molecule has 0 unspecified atom stereocenters. The molecule has 1 aliphatic heterocycles. The van der Waals surface area contributed by atoms with Crippen molar-refractivity contribution in [1.29, 1.82) is 0 Å². The quantitative estimate of drug-likeness (QED) is 0.701. The molecule has 0 aliphatic carbocycles. The molecule has 0 radical (unpaired) electrons. The van der Waals surface area contributed by atoms with Gasteiger partial charge in [-0.15, -0.1) is 0 Å². The first-order valence-electron chi connectivity index (χ1n) is 9.25. The standard InChI is InChI=1S/C21H23N5O/c27-21-8-11-24(13-14-25(21)16-19-3-1-2-9-23-19)15-18-4-6-20(7-5-18)26-12-10-22-17-26/h1-7,9-10,12,17H,8,11,13-16H2. The van der Waals surface area contributed by atoms with E-state index in [4.69, 9.17) is 0 Å². The lowest BCUT2D eigenvalue weighted by Gasteiger charge is -2.22. The van der Waals surface area contributed by atoms with Crippen LogP contribution >= 0.6 is 0 Å². The molecule has 1 aromatic carbocycles. The number of nitrogens with zero attached hydrogens (tertiary/aromatic N) is 5. The second-order valence-corrected chi connectivity index (χ2v) is 6.80. The summed E-state index contributed by atoms with van der Waals surface area (Å²) >= 11 is 0. The predicted molar refractivity (Wildman–Crippen MR) is 103 cm³/mol. The van der Waals surface area contributed by atoms with E-state index < -0.39 is 0 Å². The van der Waals surface area contributed by atoms with Gasteiger partial charge in [0, 0.05) is 56.9 Å². The van der Waals surface area contributed by atoms with Crippen LogP contribution in [-0.2, 0) is 17.9 Å². The van der Waals surface area contributed by atoms with E-state index in [1.54, 1.807) is 18.7 Å². The summed E-state index contributed by atoms with van der Waals surface area (Å²) in [5.41, 5.74) is 3.29. The highest BCUT2D eigenvalue weighted by Gasteiger charge is 2.21. The molecule has 0 N–H and O–H groups in total. The third kappa shape index (κ3) is 4.41. The number of benzene rings is 1. The minimum Gasteiger partial charge on any atom is -0.335 e. The summed E-state index contributed by atoms with van der Waals surface area (Å²) in [4.78, 5) is 25.1. The lowest BCUT2D eigenvalue weighted by Crippen LogP contribution is -2.33. The monoisotopic (exact) mass is 361 g/mol. The van der Waals surface area contributed by atoms with Gasteiger partial charge in [0.1, 0.15) is 0 Å². The van der Waals surface area contributed by atoms with E-state index in [9.17, 15) is 4.79 Å². The molecule has 3 heterocycles. The molecule has 1 aliphatic rings. The van der Waals surface area contributed by atoms with Gasteiger partial charge in [-0.3, -0.25) is 14.7 Å². The highest BCUT2D eigenvalue weighted by atomic mass is 16.2. The zero-order valence-electron chi connectivity index (χ0n) is 15.2. The van der Waals surface area contributed by atoms with Gasteiger partial charge in [-0.2, -0.15) is 0 Å². The summed E-state index contributed by atoms with van der Waals surface area (Å²) in [6, 6.07) is 14.3. The Balaban J connectivity index is 1.36. The highest BCUT2D eigenvalue weighted by molar-refractivity contribution is 5.76. The van der Waals surface area contributed by atoms with E-state index >= 15 is 0 Å². The van der Waals surface area contributed by atoms with Gasteiger partial charge >= 0.3 is 0 Å². The Morgan fingerprint density at radius 3 is 2.56 bits per heavy atom. The van der Waals surface area contributed by atoms with Crippen molar-refractivity contribution in [3.8, 4) is 5.69 Å². The van der Waals surface area contributed by atoms with Crippen molar-refractivity contribution in [3.05, 3.63) is 78.6 Å². The van der Waals surface area contributed by atoms with E-state index in [1.165, 1.54) is 5.56 Å². The van der Waals surface area contributed by atoms with Crippen molar-refractivity contribution in [2.24, 2.45) is 0 Å². The summed E-state index contributed by atoms with van der Waals surface area (Å²) in [5, 5.41) is 0. The average Bonchev–Trinajstić information content (AvgIpc) is 3.19. The smallest absolute Gasteiger partial charge is 0.224 e. The number of hydrogen-bond acceptors (Lipinski definition) is 4. The number of rotatable bonds is 5. The van der Waals surface area contributed by atoms with Crippen LogP contribution in [0, 0.1) is 0 Å². The maximum atomic E-state index is 12.5. The minimum atomic E-state index is 0.207. The van der Waals surface area contributed by atoms with Crippen LogP contribution in [0.25, 0.3) is 5.69 Å². The van der Waals surface area contributed by atoms with Gasteiger partial charge < -0.3 is 9.47 Å². The second-order valence-electron chi connectivity index (χ2n) is 6.80. The van der Waals surface area contributed by atoms with E-state index in [2.05, 4.69) is 39.1 Å². The van der Waals surface area contributed by atoms with Crippen molar-refractivity contribution < 1.29 is 4.79 Å². The van der Waals surface area contributed by atoms with Gasteiger partial charge in [0.15, 0.2) is 0 Å². The molecule has 4 rings (SSSR count). The van der Waals surface area contributed by atoms with Crippen molar-refractivity contribution in [3.63, 3.8) is 0 Å². The molecule has 3 aromatic rings. The molecule has 1 amide bonds. The zero-order chi connectivity index (χ0) is 18.5. The Hall–Kier alpha value is -2.99. The molecule has 0 bridgehead atoms. The van der Waals surface area contributed by atoms with E-state index in [1.807, 2.05) is 33.9 Å². The summed E-state index contributed by atoms with van der Waals surface area (Å²) in [6.45, 7) is 3.85. The van der Waals surface area contributed by atoms with Gasteiger partial charge in [0.25, 0.3) is 0 Å². The van der Waals surface area contributed by atoms with Crippen LogP contribution in [0.3, 0.4) is 0 Å². The Kier molecular flexibility index (Phi) is 5.25. The minimum absolute atomic E-state index is 0.207. The number of aromatic nitrogens is 3. The number of carbonyl (C=O) groups is 1. The van der Waals surface area contributed by atoms with Crippen molar-refractivity contribution >= 4 is 5.91 Å². The fourth-order valence-corrected chi connectivity index (χ4v) is 3.37. The van der Waals surface area contributed by atoms with Gasteiger partial charge in [0.2, 0.25) is 5.91 Å². The number of imidazole rings is 1. The molecular formula is C21H23N5O. The molecule has 138 valence electrons. The fraction of sp³-hybridized carbons (Fsp3) is 0.286. The Bertz CT molecular complexity index is 861. The first kappa shape index (κ1) is 17.4. The first-order valence-corrected chi connectivity index (χ1v) is 9.25. The van der Waals surface area contributed by atoms with E-state index in [0.717, 1.165) is 37.6 Å². The maximum Gasteiger partial charge on any atom is 0.224 e. The molecule has 6 nitrogen and oxygen atoms in total. The van der Waals surface area contributed by atoms with Gasteiger partial charge in [-0.05, 0) is 29.8 Å². The van der Waals surface area contributed by atoms with Crippen LogP contribution < -0.4 is 0 Å². The number of pyridine rings is 1. The lowest BCUT2D eigenvalue weighted by atomic mass is 10.2. The number of hydrogen-bond donors (Lipinski definition) is 0. The molecule has 1 fully saturated rings. The first-order chi connectivity index (χ1) is 13.3. The van der Waals surface area contributed by atoms with E-state index in [-0.39, 0.29) is 5.91 Å². The summed E-state index contributed by atoms with van der Waals surface area (Å²) in [6.07, 6.45) is 7.84. The largest absolute Gasteiger partial charge is 0.335 e. The average molecular weight is 361 g/mol. The second kappa shape index (κ2) is 8.14. The van der Waals surface area contributed by atoms with Crippen molar-refractivity contribution in [2.75, 3.05) is 19.6 Å². The normalized spacial score (nSPS) is 15.7. The van der Waals surface area contributed by atoms with Crippen LogP contribution in [0.1, 0.15) is 17.7 Å². The van der Waals surface area contributed by atoms with E-state index in [0.29, 0.717) is 13.0 Å². The third-order valence-electron chi connectivity index (χ3n) is 4.90. The van der Waals surface area contributed by atoms with Gasteiger partial charge in [0.05, 0.1) is 18.6 Å². The Morgan fingerprint density at radius 2 is 1.81 bits per heavy atom. The maximum absolute atomic E-state index is 12.5. The molecule has 2 aromatic heterocycles. The summed E-state index contributed by atoms with van der Waals surface area (Å²) < 4.78 is 1.99. The molecule has 0 spiro atoms. The van der Waals surface area contributed by atoms with Crippen molar-refractivity contribution in [2.45, 2.75) is 19.5 Å². The third-order valence-corrected chi connectivity index (χ3v) is 4.90. The van der Waals surface area contributed by atoms with Crippen LogP contribution in [0.5, 0.6) is 0 Å². The summed E-state index contributed by atoms with van der Waals surface area (Å²) in [7, 11) is 0. The molecule has 27 heavy (non-hydrogen) atoms. The molecule has 0 atom stereocenters. The molecule has 6 heteroatoms. The van der Waals surface area contributed by atoms with Gasteiger partial charge in [-0.1, -0.05) is 18.2 Å². The van der Waals surface area contributed by atoms with Crippen LogP contribution in [0.15, 0.2) is 67.4 Å². The fourth-order valence-electron chi connectivity index (χ4n) is 3.37. The number of carbonyl (C=O) groups excluding carboxylic acids is 1. The Labute approximate surface area is 159 Å². The zero-order valence-corrected chi connectivity index (χ0v) is 15.2. The topological polar surface area (TPSA) is 54.3 Å². The van der Waals surface area contributed by atoms with Crippen LogP contribution in [-0.4, -0.2) is 49.9 Å². The summed E-state index contributed by atoms with van der Waals surface area (Å²) in [5.74, 6) is 0.207.